The van der Waals surface area contributed by atoms with Gasteiger partial charge in [-0.2, -0.15) is 0 Å². The van der Waals surface area contributed by atoms with Gasteiger partial charge in [-0.15, -0.1) is 12.4 Å². The van der Waals surface area contributed by atoms with Crippen LogP contribution in [0.25, 0.3) is 0 Å². The zero-order valence-corrected chi connectivity index (χ0v) is 18.2. The van der Waals surface area contributed by atoms with Gasteiger partial charge in [0.15, 0.2) is 18.1 Å². The van der Waals surface area contributed by atoms with Gasteiger partial charge in [0.25, 0.3) is 5.91 Å². The molecule has 1 aromatic rings. The number of hydrogen-bond acceptors (Lipinski definition) is 4. The van der Waals surface area contributed by atoms with Crippen LogP contribution < -0.4 is 20.5 Å². The lowest BCUT2D eigenvalue weighted by Gasteiger charge is -2.15. The third kappa shape index (κ3) is 10.2. The zero-order valence-electron chi connectivity index (χ0n) is 15.8. The van der Waals surface area contributed by atoms with Gasteiger partial charge in [0.1, 0.15) is 0 Å². The molecule has 26 heavy (non-hydrogen) atoms. The predicted molar refractivity (Wildman–Crippen MR) is 112 cm³/mol. The Morgan fingerprint density at radius 1 is 1.12 bits per heavy atom. The summed E-state index contributed by atoms with van der Waals surface area (Å²) in [4.78, 5) is 10.9. The van der Waals surface area contributed by atoms with Gasteiger partial charge in [-0.05, 0) is 53.5 Å². The largest absolute Gasteiger partial charge is 0.490 e. The number of ether oxygens (including phenoxy) is 2. The Morgan fingerprint density at radius 3 is 2.46 bits per heavy atom. The number of amides is 1. The van der Waals surface area contributed by atoms with Gasteiger partial charge >= 0.3 is 0 Å². The van der Waals surface area contributed by atoms with E-state index in [1.54, 1.807) is 0 Å². The minimum Gasteiger partial charge on any atom is -0.490 e. The highest BCUT2D eigenvalue weighted by Gasteiger charge is 2.13. The third-order valence-electron chi connectivity index (χ3n) is 3.76. The summed E-state index contributed by atoms with van der Waals surface area (Å²) in [6, 6.07) is 3.92. The topological polar surface area (TPSA) is 73.6 Å². The highest BCUT2D eigenvalue weighted by Crippen LogP contribution is 2.36. The van der Waals surface area contributed by atoms with Crippen LogP contribution in [0.2, 0.25) is 0 Å². The molecule has 0 fully saturated rings. The van der Waals surface area contributed by atoms with Crippen LogP contribution in [-0.2, 0) is 11.3 Å². The minimum atomic E-state index is -0.515. The van der Waals surface area contributed by atoms with E-state index in [4.69, 9.17) is 15.2 Å². The predicted octanol–water partition coefficient (Wildman–Crippen LogP) is 4.58. The number of nitrogens with one attached hydrogen (secondary N) is 1. The number of carbonyl (C=O) groups excluding carboxylic acids is 1. The summed E-state index contributed by atoms with van der Waals surface area (Å²) in [5, 5.41) is 3.47. The fourth-order valence-corrected chi connectivity index (χ4v) is 3.14. The van der Waals surface area contributed by atoms with E-state index in [0.717, 1.165) is 23.1 Å². The molecule has 0 bridgehead atoms. The molecule has 0 aromatic heterocycles. The minimum absolute atomic E-state index is 0. The molecule has 0 atom stereocenters. The van der Waals surface area contributed by atoms with E-state index in [-0.39, 0.29) is 19.0 Å². The SMILES string of the molecule is CCCCCCCCNCc1cc(Br)c(OCC(N)=O)c(OCC)c1.Cl. The number of rotatable bonds is 14. The van der Waals surface area contributed by atoms with E-state index in [1.807, 2.05) is 19.1 Å². The van der Waals surface area contributed by atoms with Crippen molar-refractivity contribution in [3.8, 4) is 11.5 Å². The maximum absolute atomic E-state index is 10.9. The monoisotopic (exact) mass is 450 g/mol. The zero-order chi connectivity index (χ0) is 18.5. The van der Waals surface area contributed by atoms with E-state index in [1.165, 1.54) is 38.5 Å². The lowest BCUT2D eigenvalue weighted by atomic mass is 10.1. The maximum Gasteiger partial charge on any atom is 0.255 e. The lowest BCUT2D eigenvalue weighted by Crippen LogP contribution is -2.20. The van der Waals surface area contributed by atoms with Gasteiger partial charge in [-0.1, -0.05) is 39.0 Å². The number of carbonyl (C=O) groups is 1. The van der Waals surface area contributed by atoms with Gasteiger partial charge in [0.2, 0.25) is 0 Å². The Labute approximate surface area is 171 Å². The molecule has 1 amide bonds. The van der Waals surface area contributed by atoms with Gasteiger partial charge in [-0.3, -0.25) is 4.79 Å². The lowest BCUT2D eigenvalue weighted by molar-refractivity contribution is -0.119. The molecule has 1 rings (SSSR count). The number of benzene rings is 1. The highest BCUT2D eigenvalue weighted by molar-refractivity contribution is 9.10. The van der Waals surface area contributed by atoms with Crippen molar-refractivity contribution in [2.45, 2.75) is 58.9 Å². The fourth-order valence-electron chi connectivity index (χ4n) is 2.53. The van der Waals surface area contributed by atoms with Crippen LogP contribution in [0.15, 0.2) is 16.6 Å². The second-order valence-electron chi connectivity index (χ2n) is 6.04. The first-order valence-corrected chi connectivity index (χ1v) is 9.94. The number of hydrogen-bond donors (Lipinski definition) is 2. The molecule has 0 spiro atoms. The number of unbranched alkanes of at least 4 members (excludes halogenated alkanes) is 5. The van der Waals surface area contributed by atoms with Gasteiger partial charge in [-0.25, -0.2) is 0 Å². The summed E-state index contributed by atoms with van der Waals surface area (Å²) >= 11 is 3.49. The van der Waals surface area contributed by atoms with Crippen molar-refractivity contribution in [1.82, 2.24) is 5.32 Å². The molecule has 150 valence electrons. The third-order valence-corrected chi connectivity index (χ3v) is 4.35. The smallest absolute Gasteiger partial charge is 0.255 e. The fraction of sp³-hybridized carbons (Fsp3) is 0.632. The molecule has 0 unspecified atom stereocenters. The van der Waals surface area contributed by atoms with Crippen molar-refractivity contribution in [1.29, 1.82) is 0 Å². The van der Waals surface area contributed by atoms with E-state index in [0.29, 0.717) is 18.1 Å². The summed E-state index contributed by atoms with van der Waals surface area (Å²) in [5.74, 6) is 0.619. The molecule has 0 heterocycles. The molecule has 0 saturated heterocycles. The number of halogens is 2. The average Bonchev–Trinajstić information content (AvgIpc) is 2.56. The average molecular weight is 452 g/mol. The Hall–Kier alpha value is -0.980. The molecule has 0 saturated carbocycles. The summed E-state index contributed by atoms with van der Waals surface area (Å²) in [7, 11) is 0. The molecule has 0 radical (unpaired) electrons. The normalized spacial score (nSPS) is 10.3. The van der Waals surface area contributed by atoms with Crippen molar-refractivity contribution in [2.75, 3.05) is 19.8 Å². The Morgan fingerprint density at radius 2 is 1.81 bits per heavy atom. The quantitative estimate of drug-likeness (QED) is 0.406. The van der Waals surface area contributed by atoms with Crippen LogP contribution >= 0.6 is 28.3 Å². The van der Waals surface area contributed by atoms with Crippen molar-refractivity contribution in [3.63, 3.8) is 0 Å². The van der Waals surface area contributed by atoms with Crippen molar-refractivity contribution in [2.24, 2.45) is 5.73 Å². The molecule has 7 heteroatoms. The summed E-state index contributed by atoms with van der Waals surface area (Å²) in [6.45, 7) is 6.27. The molecule has 0 aliphatic carbocycles. The van der Waals surface area contributed by atoms with Gasteiger partial charge in [0, 0.05) is 6.54 Å². The van der Waals surface area contributed by atoms with Crippen LogP contribution in [-0.4, -0.2) is 25.7 Å². The molecule has 1 aromatic carbocycles. The molecular weight excluding hydrogens is 420 g/mol. The maximum atomic E-state index is 10.9. The van der Waals surface area contributed by atoms with Crippen LogP contribution in [0, 0.1) is 0 Å². The van der Waals surface area contributed by atoms with Crippen molar-refractivity contribution >= 4 is 34.2 Å². The van der Waals surface area contributed by atoms with Crippen molar-refractivity contribution < 1.29 is 14.3 Å². The van der Waals surface area contributed by atoms with E-state index in [2.05, 4.69) is 28.2 Å². The van der Waals surface area contributed by atoms with E-state index in [9.17, 15) is 4.79 Å². The second-order valence-corrected chi connectivity index (χ2v) is 6.89. The van der Waals surface area contributed by atoms with E-state index < -0.39 is 5.91 Å². The Kier molecular flexibility index (Phi) is 14.5. The first-order valence-electron chi connectivity index (χ1n) is 9.15. The first-order chi connectivity index (χ1) is 12.1. The molecular formula is C19H32BrClN2O3. The highest BCUT2D eigenvalue weighted by atomic mass is 79.9. The van der Waals surface area contributed by atoms with Gasteiger partial charge in [0.05, 0.1) is 11.1 Å². The summed E-state index contributed by atoms with van der Waals surface area (Å²) < 4.78 is 11.9. The van der Waals surface area contributed by atoms with E-state index >= 15 is 0 Å². The van der Waals surface area contributed by atoms with Crippen LogP contribution in [0.5, 0.6) is 11.5 Å². The van der Waals surface area contributed by atoms with Crippen LogP contribution in [0.3, 0.4) is 0 Å². The van der Waals surface area contributed by atoms with Crippen LogP contribution in [0.4, 0.5) is 0 Å². The molecule has 0 aliphatic heterocycles. The molecule has 3 N–H and O–H groups in total. The summed E-state index contributed by atoms with van der Waals surface area (Å²) in [6.07, 6.45) is 7.76. The van der Waals surface area contributed by atoms with Crippen LogP contribution in [0.1, 0.15) is 57.9 Å². The summed E-state index contributed by atoms with van der Waals surface area (Å²) in [5.41, 5.74) is 6.25. The van der Waals surface area contributed by atoms with Crippen molar-refractivity contribution in [3.05, 3.63) is 22.2 Å². The van der Waals surface area contributed by atoms with Gasteiger partial charge < -0.3 is 20.5 Å². The Bertz CT molecular complexity index is 530. The number of nitrogens with two attached hydrogens (primary N) is 1. The Balaban J connectivity index is 0.00000625. The molecule has 5 nitrogen and oxygen atoms in total. The molecule has 0 aliphatic rings. The second kappa shape index (κ2) is 15.1. The standard InChI is InChI=1S/C19H31BrN2O3.ClH/c1-3-5-6-7-8-9-10-22-13-15-11-16(20)19(25-14-18(21)23)17(12-15)24-4-2;/h11-12,22H,3-10,13-14H2,1-2H3,(H2,21,23);1H. The number of primary amides is 1. The first kappa shape index (κ1) is 25.0.